The summed E-state index contributed by atoms with van der Waals surface area (Å²) in [7, 11) is 3.33. The smallest absolute Gasteiger partial charge is 0.243 e. The van der Waals surface area contributed by atoms with Crippen molar-refractivity contribution in [2.75, 3.05) is 27.5 Å². The first-order chi connectivity index (χ1) is 16.0. The van der Waals surface area contributed by atoms with Gasteiger partial charge in [-0.2, -0.15) is 5.10 Å². The summed E-state index contributed by atoms with van der Waals surface area (Å²) in [5.74, 6) is 1.74. The molecular weight excluding hydrogens is 422 g/mol. The van der Waals surface area contributed by atoms with E-state index in [0.29, 0.717) is 42.2 Å². The summed E-state index contributed by atoms with van der Waals surface area (Å²) >= 11 is 0. The van der Waals surface area contributed by atoms with Gasteiger partial charge in [0.05, 0.1) is 13.3 Å². The van der Waals surface area contributed by atoms with Gasteiger partial charge >= 0.3 is 0 Å². The fourth-order valence-corrected chi connectivity index (χ4v) is 4.11. The fraction of sp³-hybridized carbons (Fsp3) is 0.400. The monoisotopic (exact) mass is 451 g/mol. The lowest BCUT2D eigenvalue weighted by atomic mass is 10.0. The normalized spacial score (nSPS) is 18.3. The van der Waals surface area contributed by atoms with E-state index in [-0.39, 0.29) is 30.4 Å². The van der Waals surface area contributed by atoms with E-state index in [9.17, 15) is 9.59 Å². The molecule has 2 aromatic carbocycles. The molecule has 1 heterocycles. The highest BCUT2D eigenvalue weighted by molar-refractivity contribution is 5.90. The Morgan fingerprint density at radius 2 is 2.06 bits per heavy atom. The second kappa shape index (κ2) is 9.94. The Morgan fingerprint density at radius 1 is 1.27 bits per heavy atom. The zero-order chi connectivity index (χ0) is 23.4. The molecule has 0 bridgehead atoms. The lowest BCUT2D eigenvalue weighted by Crippen LogP contribution is -2.28. The standard InChI is InChI=1S/C25H29N3O5/c1-4-22(29)28(2)11-10-17-12-21-24(33-15-32-21)23(31-3)20(17)14-26-27-25(30)19-13-18(19)16-8-6-5-7-9-16/h5-9,12,14,18-19H,4,10-11,13,15H2,1-3H3,(H,27,30)/t18-,19+/m1/s1. The molecule has 2 atom stereocenters. The number of nitrogens with one attached hydrogen (secondary N) is 1. The van der Waals surface area contributed by atoms with Crippen molar-refractivity contribution in [3.8, 4) is 17.2 Å². The molecule has 4 rings (SSSR count). The summed E-state index contributed by atoms with van der Waals surface area (Å²) in [5.41, 5.74) is 5.42. The van der Waals surface area contributed by atoms with Crippen LogP contribution in [0.3, 0.4) is 0 Å². The van der Waals surface area contributed by atoms with Gasteiger partial charge in [0.25, 0.3) is 0 Å². The number of rotatable bonds is 9. The third-order valence-corrected chi connectivity index (χ3v) is 6.12. The molecule has 0 aromatic heterocycles. The highest BCUT2D eigenvalue weighted by Crippen LogP contribution is 2.47. The number of hydrazone groups is 1. The number of benzene rings is 2. The molecule has 2 aromatic rings. The molecule has 0 unspecified atom stereocenters. The van der Waals surface area contributed by atoms with Gasteiger partial charge in [-0.3, -0.25) is 9.59 Å². The van der Waals surface area contributed by atoms with Crippen molar-refractivity contribution in [2.24, 2.45) is 11.0 Å². The summed E-state index contributed by atoms with van der Waals surface area (Å²) in [6.45, 7) is 2.48. The van der Waals surface area contributed by atoms with Crippen molar-refractivity contribution in [3.63, 3.8) is 0 Å². The van der Waals surface area contributed by atoms with Gasteiger partial charge in [0.2, 0.25) is 24.4 Å². The number of carbonyl (C=O) groups excluding carboxylic acids is 2. The number of hydrogen-bond acceptors (Lipinski definition) is 6. The Hall–Kier alpha value is -3.55. The van der Waals surface area contributed by atoms with Crippen LogP contribution >= 0.6 is 0 Å². The number of amides is 2. The van der Waals surface area contributed by atoms with Gasteiger partial charge in [-0.15, -0.1) is 0 Å². The molecule has 1 N–H and O–H groups in total. The van der Waals surface area contributed by atoms with Gasteiger partial charge in [-0.25, -0.2) is 5.43 Å². The molecule has 1 fully saturated rings. The largest absolute Gasteiger partial charge is 0.492 e. The predicted octanol–water partition coefficient (Wildman–Crippen LogP) is 3.09. The first kappa shape index (κ1) is 22.6. The van der Waals surface area contributed by atoms with Crippen LogP contribution in [-0.4, -0.2) is 50.4 Å². The van der Waals surface area contributed by atoms with E-state index in [1.165, 1.54) is 5.56 Å². The third-order valence-electron chi connectivity index (χ3n) is 6.12. The number of likely N-dealkylation sites (N-methyl/N-ethyl adjacent to an activating group) is 1. The van der Waals surface area contributed by atoms with E-state index < -0.39 is 0 Å². The van der Waals surface area contributed by atoms with Crippen molar-refractivity contribution < 1.29 is 23.8 Å². The molecule has 1 aliphatic heterocycles. The van der Waals surface area contributed by atoms with Gasteiger partial charge in [-0.05, 0) is 36.0 Å². The molecule has 8 heteroatoms. The van der Waals surface area contributed by atoms with Crippen molar-refractivity contribution >= 4 is 18.0 Å². The van der Waals surface area contributed by atoms with E-state index in [2.05, 4.69) is 10.5 Å². The van der Waals surface area contributed by atoms with Crippen LogP contribution in [0.2, 0.25) is 0 Å². The van der Waals surface area contributed by atoms with Crippen molar-refractivity contribution in [1.82, 2.24) is 10.3 Å². The minimum Gasteiger partial charge on any atom is -0.492 e. The van der Waals surface area contributed by atoms with Crippen LogP contribution in [0.1, 0.15) is 42.4 Å². The Morgan fingerprint density at radius 3 is 2.79 bits per heavy atom. The highest BCUT2D eigenvalue weighted by atomic mass is 16.7. The molecule has 2 amide bonds. The van der Waals surface area contributed by atoms with Gasteiger partial charge in [0, 0.05) is 31.5 Å². The minimum absolute atomic E-state index is 0.0718. The number of methoxy groups -OCH3 is 1. The second-order valence-corrected chi connectivity index (χ2v) is 8.23. The maximum absolute atomic E-state index is 12.6. The maximum Gasteiger partial charge on any atom is 0.243 e. The quantitative estimate of drug-likeness (QED) is 0.468. The average Bonchev–Trinajstić information content (AvgIpc) is 3.52. The topological polar surface area (TPSA) is 89.5 Å². The Balaban J connectivity index is 1.49. The molecule has 0 spiro atoms. The van der Waals surface area contributed by atoms with Crippen molar-refractivity contribution in [1.29, 1.82) is 0 Å². The molecule has 33 heavy (non-hydrogen) atoms. The van der Waals surface area contributed by atoms with Gasteiger partial charge in [0.15, 0.2) is 11.5 Å². The van der Waals surface area contributed by atoms with Crippen LogP contribution in [-0.2, 0) is 16.0 Å². The molecule has 0 radical (unpaired) electrons. The molecule has 8 nitrogen and oxygen atoms in total. The van der Waals surface area contributed by atoms with Gasteiger partial charge in [-0.1, -0.05) is 37.3 Å². The van der Waals surface area contributed by atoms with E-state index >= 15 is 0 Å². The number of carbonyl (C=O) groups is 2. The van der Waals surface area contributed by atoms with E-state index in [1.54, 1.807) is 25.3 Å². The van der Waals surface area contributed by atoms with Crippen molar-refractivity contribution in [2.45, 2.75) is 32.1 Å². The summed E-state index contributed by atoms with van der Waals surface area (Å²) in [4.78, 5) is 26.2. The highest BCUT2D eigenvalue weighted by Gasteiger charge is 2.43. The summed E-state index contributed by atoms with van der Waals surface area (Å²) < 4.78 is 16.7. The van der Waals surface area contributed by atoms with E-state index in [1.807, 2.05) is 43.3 Å². The summed E-state index contributed by atoms with van der Waals surface area (Å²) in [6, 6.07) is 11.9. The third kappa shape index (κ3) is 4.94. The van der Waals surface area contributed by atoms with Crippen LogP contribution in [0.15, 0.2) is 41.5 Å². The number of nitrogens with zero attached hydrogens (tertiary/aromatic N) is 2. The molecular formula is C25H29N3O5. The number of fused-ring (bicyclic) bond motifs is 1. The number of hydrogen-bond donors (Lipinski definition) is 1. The van der Waals surface area contributed by atoms with E-state index in [4.69, 9.17) is 14.2 Å². The Kier molecular flexibility index (Phi) is 6.82. The van der Waals surface area contributed by atoms with Crippen LogP contribution in [0, 0.1) is 5.92 Å². The minimum atomic E-state index is -0.102. The van der Waals surface area contributed by atoms with Gasteiger partial charge in [0.1, 0.15) is 0 Å². The lowest BCUT2D eigenvalue weighted by Gasteiger charge is -2.18. The predicted molar refractivity (Wildman–Crippen MR) is 124 cm³/mol. The summed E-state index contributed by atoms with van der Waals surface area (Å²) in [5, 5.41) is 4.22. The molecule has 1 aliphatic carbocycles. The molecule has 1 saturated carbocycles. The first-order valence-corrected chi connectivity index (χ1v) is 11.1. The zero-order valence-corrected chi connectivity index (χ0v) is 19.2. The Bertz CT molecular complexity index is 1050. The molecule has 2 aliphatic rings. The first-order valence-electron chi connectivity index (χ1n) is 11.1. The molecule has 0 saturated heterocycles. The van der Waals surface area contributed by atoms with Crippen LogP contribution in [0.25, 0.3) is 0 Å². The van der Waals surface area contributed by atoms with Crippen LogP contribution in [0.4, 0.5) is 0 Å². The number of ether oxygens (including phenoxy) is 3. The van der Waals surface area contributed by atoms with E-state index in [0.717, 1.165) is 12.0 Å². The SMILES string of the molecule is CCC(=O)N(C)CCc1cc2c(c(OC)c1C=NNC(=O)[C@H]1C[C@@H]1c1ccccc1)OCO2. The Labute approximate surface area is 193 Å². The lowest BCUT2D eigenvalue weighted by molar-refractivity contribution is -0.129. The fourth-order valence-electron chi connectivity index (χ4n) is 4.11. The van der Waals surface area contributed by atoms with Gasteiger partial charge < -0.3 is 19.1 Å². The van der Waals surface area contributed by atoms with Crippen molar-refractivity contribution in [3.05, 3.63) is 53.1 Å². The zero-order valence-electron chi connectivity index (χ0n) is 19.2. The average molecular weight is 452 g/mol. The maximum atomic E-state index is 12.6. The van der Waals surface area contributed by atoms with Crippen LogP contribution < -0.4 is 19.6 Å². The molecule has 174 valence electrons. The summed E-state index contributed by atoms with van der Waals surface area (Å²) in [6.07, 6.45) is 3.42. The second-order valence-electron chi connectivity index (χ2n) is 8.23. The van der Waals surface area contributed by atoms with Crippen LogP contribution in [0.5, 0.6) is 17.2 Å².